The Morgan fingerprint density at radius 3 is 2.46 bits per heavy atom. The zero-order valence-corrected chi connectivity index (χ0v) is 32.1. The van der Waals surface area contributed by atoms with Crippen LogP contribution < -0.4 is 25.8 Å². The summed E-state index contributed by atoms with van der Waals surface area (Å²) in [5, 5.41) is 6.71. The number of benzene rings is 2. The molecule has 5 fully saturated rings. The number of amides is 2. The smallest absolute Gasteiger partial charge is 0.261 e. The maximum Gasteiger partial charge on any atom is 0.261 e. The summed E-state index contributed by atoms with van der Waals surface area (Å²) in [4.78, 5) is 51.3. The normalized spacial score (nSPS) is 23.1. The van der Waals surface area contributed by atoms with Gasteiger partial charge in [0.05, 0.1) is 28.6 Å². The Morgan fingerprint density at radius 2 is 1.72 bits per heavy atom. The van der Waals surface area contributed by atoms with E-state index in [2.05, 4.69) is 35.3 Å². The minimum Gasteiger partial charge on any atom is -0.493 e. The van der Waals surface area contributed by atoms with E-state index in [9.17, 15) is 14.4 Å². The Hall–Kier alpha value is -3.43. The van der Waals surface area contributed by atoms with Gasteiger partial charge in [0.1, 0.15) is 28.8 Å². The summed E-state index contributed by atoms with van der Waals surface area (Å²) in [7, 11) is 0. The Balaban J connectivity index is 0.756. The summed E-state index contributed by atoms with van der Waals surface area (Å²) in [5.74, 6) is 0.821. The third kappa shape index (κ3) is 8.67. The molecule has 5 aliphatic rings. The van der Waals surface area contributed by atoms with E-state index in [0.717, 1.165) is 102 Å². The van der Waals surface area contributed by atoms with Crippen molar-refractivity contribution < 1.29 is 23.5 Å². The second kappa shape index (κ2) is 16.7. The Kier molecular flexibility index (Phi) is 11.6. The molecule has 290 valence electrons. The number of likely N-dealkylation sites (tertiary alicyclic amines) is 2. The van der Waals surface area contributed by atoms with Crippen LogP contribution in [0, 0.1) is 11.7 Å². The molecule has 2 aromatic carbocycles. The quantitative estimate of drug-likeness (QED) is 0.232. The molecule has 1 aromatic heterocycles. The number of carbonyl (C=O) groups is 2. The maximum atomic E-state index is 15.0. The van der Waals surface area contributed by atoms with Gasteiger partial charge in [0.25, 0.3) is 5.56 Å². The van der Waals surface area contributed by atoms with Gasteiger partial charge in [-0.1, -0.05) is 11.6 Å². The average Bonchev–Trinajstić information content (AvgIpc) is 3.15. The van der Waals surface area contributed by atoms with Crippen LogP contribution >= 0.6 is 23.4 Å². The van der Waals surface area contributed by atoms with Crippen molar-refractivity contribution in [3.8, 4) is 5.75 Å². The molecule has 0 radical (unpaired) electrons. The molecule has 8 rings (SSSR count). The number of fused-ring (bicyclic) bond motifs is 1. The van der Waals surface area contributed by atoms with Crippen LogP contribution in [0.25, 0.3) is 10.9 Å². The van der Waals surface area contributed by atoms with Crippen LogP contribution in [0.1, 0.15) is 57.2 Å². The maximum absolute atomic E-state index is 15.0. The molecule has 2 amide bonds. The molecule has 5 aliphatic heterocycles. The number of aromatic amines is 1. The number of carbonyl (C=O) groups excluding carboxylic acids is 2. The van der Waals surface area contributed by atoms with Crippen molar-refractivity contribution in [1.82, 2.24) is 25.1 Å². The van der Waals surface area contributed by atoms with Crippen LogP contribution in [0.2, 0.25) is 5.02 Å². The van der Waals surface area contributed by atoms with Gasteiger partial charge in [0.2, 0.25) is 11.8 Å². The van der Waals surface area contributed by atoms with Crippen molar-refractivity contribution >= 4 is 57.5 Å². The second-order valence-electron chi connectivity index (χ2n) is 15.4. The summed E-state index contributed by atoms with van der Waals surface area (Å²) in [5.41, 5.74) is 1.68. The molecule has 3 aromatic rings. The van der Waals surface area contributed by atoms with Crippen molar-refractivity contribution in [3.63, 3.8) is 0 Å². The first-order chi connectivity index (χ1) is 26.3. The zero-order valence-electron chi connectivity index (χ0n) is 30.5. The van der Waals surface area contributed by atoms with Crippen LogP contribution in [0.5, 0.6) is 5.75 Å². The fraction of sp³-hybridized carbons (Fsp3) is 0.590. The van der Waals surface area contributed by atoms with Crippen LogP contribution in [-0.2, 0) is 20.1 Å². The highest BCUT2D eigenvalue weighted by Crippen LogP contribution is 2.34. The number of ether oxygens (including phenoxy) is 2. The summed E-state index contributed by atoms with van der Waals surface area (Å²) in [6, 6.07) is 9.59. The largest absolute Gasteiger partial charge is 0.493 e. The van der Waals surface area contributed by atoms with Gasteiger partial charge in [-0.2, -0.15) is 11.8 Å². The zero-order chi connectivity index (χ0) is 37.2. The summed E-state index contributed by atoms with van der Waals surface area (Å²) >= 11 is 8.48. The molecule has 0 spiro atoms. The topological polar surface area (TPSA) is 132 Å². The molecule has 0 saturated carbocycles. The highest BCUT2D eigenvalue weighted by Gasteiger charge is 2.38. The van der Waals surface area contributed by atoms with Crippen LogP contribution in [0.3, 0.4) is 0 Å². The molecule has 0 aliphatic carbocycles. The number of anilines is 2. The number of piperidine rings is 3. The van der Waals surface area contributed by atoms with Gasteiger partial charge in [-0.25, -0.2) is 9.37 Å². The van der Waals surface area contributed by atoms with Crippen molar-refractivity contribution in [1.29, 1.82) is 0 Å². The third-order valence-electron chi connectivity index (χ3n) is 11.8. The number of thioether (sulfide) groups is 1. The van der Waals surface area contributed by atoms with E-state index in [0.29, 0.717) is 70.6 Å². The predicted molar refractivity (Wildman–Crippen MR) is 209 cm³/mol. The lowest BCUT2D eigenvalue weighted by Crippen LogP contribution is -2.64. The van der Waals surface area contributed by atoms with Gasteiger partial charge >= 0.3 is 0 Å². The number of halogens is 2. The number of imide groups is 1. The van der Waals surface area contributed by atoms with E-state index < -0.39 is 17.4 Å². The monoisotopic (exact) mass is 781 g/mol. The number of nitrogens with one attached hydrogen (secondary N) is 3. The highest BCUT2D eigenvalue weighted by molar-refractivity contribution is 7.99. The third-order valence-corrected chi connectivity index (χ3v) is 13.5. The fourth-order valence-electron chi connectivity index (χ4n) is 8.51. The van der Waals surface area contributed by atoms with Gasteiger partial charge in [0.15, 0.2) is 0 Å². The molecular formula is C39H49ClFN7O5S. The Bertz CT molecular complexity index is 1890. The summed E-state index contributed by atoms with van der Waals surface area (Å²) < 4.78 is 26.6. The SMILES string of the molecule is O=C1CCC(Nc2ccc(N3CCC(N4CC(N5CCC(COc6cc(F)c7c(=O)[nH]c(CSC8CCOCC8)nc7c6)CC5)C4)CC3)c(Cl)c2)C(=O)N1. The van der Waals surface area contributed by atoms with E-state index >= 15 is 4.39 Å². The van der Waals surface area contributed by atoms with Crippen LogP contribution in [0.15, 0.2) is 35.1 Å². The van der Waals surface area contributed by atoms with Crippen LogP contribution in [-0.4, -0.2) is 114 Å². The standard InChI is InChI=1S/C39H49ClFN7O5S/c40-30-17-25(42-32-2-4-36(49)45-38(32)50)1-3-34(30)47-13-7-26(8-14-47)48-20-27(21-48)46-11-5-24(6-12-46)22-53-28-18-31(41)37-33(19-28)43-35(44-39(37)51)23-54-29-9-15-52-16-10-29/h1,3,17-19,24,26-27,29,32,42H,2,4-16,20-23H2,(H,43,44,51)(H,45,49,50). The van der Waals surface area contributed by atoms with E-state index in [1.54, 1.807) is 17.8 Å². The molecule has 1 atom stereocenters. The Morgan fingerprint density at radius 1 is 0.944 bits per heavy atom. The molecule has 3 N–H and O–H groups in total. The molecule has 15 heteroatoms. The van der Waals surface area contributed by atoms with E-state index in [4.69, 9.17) is 21.1 Å². The first-order valence-corrected chi connectivity index (χ1v) is 20.9. The first-order valence-electron chi connectivity index (χ1n) is 19.4. The van der Waals surface area contributed by atoms with E-state index in [1.165, 1.54) is 6.07 Å². The van der Waals surface area contributed by atoms with Crippen molar-refractivity contribution in [2.75, 3.05) is 69.3 Å². The molecule has 5 saturated heterocycles. The van der Waals surface area contributed by atoms with Crippen molar-refractivity contribution in [2.24, 2.45) is 5.92 Å². The van der Waals surface area contributed by atoms with Crippen molar-refractivity contribution in [3.05, 3.63) is 57.3 Å². The Labute approximate surface area is 323 Å². The molecule has 0 bridgehead atoms. The lowest BCUT2D eigenvalue weighted by Gasteiger charge is -2.52. The fourth-order valence-corrected chi connectivity index (χ4v) is 9.87. The second-order valence-corrected chi connectivity index (χ2v) is 17.1. The molecule has 54 heavy (non-hydrogen) atoms. The van der Waals surface area contributed by atoms with Gasteiger partial charge in [-0.15, -0.1) is 0 Å². The minimum absolute atomic E-state index is 0.0205. The van der Waals surface area contributed by atoms with Crippen LogP contribution in [0.4, 0.5) is 15.8 Å². The highest BCUT2D eigenvalue weighted by atomic mass is 35.5. The summed E-state index contributed by atoms with van der Waals surface area (Å²) in [6.07, 6.45) is 7.04. The molecule has 1 unspecified atom stereocenters. The number of H-pyrrole nitrogens is 1. The number of nitrogens with zero attached hydrogens (tertiary/aromatic N) is 4. The summed E-state index contributed by atoms with van der Waals surface area (Å²) in [6.45, 7) is 8.21. The van der Waals surface area contributed by atoms with Gasteiger partial charge in [-0.05, 0) is 82.2 Å². The lowest BCUT2D eigenvalue weighted by molar-refractivity contribution is -0.133. The van der Waals surface area contributed by atoms with Gasteiger partial charge < -0.3 is 24.7 Å². The lowest BCUT2D eigenvalue weighted by atomic mass is 9.92. The van der Waals surface area contributed by atoms with E-state index in [1.807, 2.05) is 18.2 Å². The number of hydrogen-bond acceptors (Lipinski definition) is 11. The first kappa shape index (κ1) is 37.5. The van der Waals surface area contributed by atoms with Crippen molar-refractivity contribution in [2.45, 2.75) is 80.5 Å². The molecule has 6 heterocycles. The van der Waals surface area contributed by atoms with E-state index in [-0.39, 0.29) is 17.2 Å². The average molecular weight is 782 g/mol. The predicted octanol–water partition coefficient (Wildman–Crippen LogP) is 4.79. The van der Waals surface area contributed by atoms with Gasteiger partial charge in [0, 0.05) is 81.0 Å². The minimum atomic E-state index is -0.603. The number of aromatic nitrogens is 2. The van der Waals surface area contributed by atoms with Gasteiger partial charge in [-0.3, -0.25) is 29.5 Å². The molecular weight excluding hydrogens is 733 g/mol. The molecule has 12 nitrogen and oxygen atoms in total. The number of hydrogen-bond donors (Lipinski definition) is 3. The number of rotatable bonds is 11.